The van der Waals surface area contributed by atoms with Gasteiger partial charge in [0.1, 0.15) is 24.0 Å². The topological polar surface area (TPSA) is 106 Å². The van der Waals surface area contributed by atoms with E-state index in [1.807, 2.05) is 31.2 Å². The van der Waals surface area contributed by atoms with Crippen molar-refractivity contribution in [2.24, 2.45) is 0 Å². The Morgan fingerprint density at radius 3 is 2.71 bits per heavy atom. The zero-order chi connectivity index (χ0) is 26.7. The number of rotatable bonds is 3. The number of aromatic nitrogens is 2. The Bertz CT molecular complexity index is 1400. The molecule has 1 atom stereocenters. The summed E-state index contributed by atoms with van der Waals surface area (Å²) in [7, 11) is 1.63. The summed E-state index contributed by atoms with van der Waals surface area (Å²) in [4.78, 5) is 27.6. The number of hydrogen-bond donors (Lipinski definition) is 2. The fourth-order valence-electron chi connectivity index (χ4n) is 4.42. The number of fused-ring (bicyclic) bond motifs is 1. The average Bonchev–Trinajstić information content (AvgIpc) is 3.35. The van der Waals surface area contributed by atoms with E-state index in [1.165, 1.54) is 15.1 Å². The Morgan fingerprint density at radius 2 is 1.95 bits per heavy atom. The highest BCUT2D eigenvalue weighted by atomic mass is 16.5. The Kier molecular flexibility index (Phi) is 7.18. The molecule has 2 aromatic carbocycles. The first-order valence-corrected chi connectivity index (χ1v) is 12.6. The summed E-state index contributed by atoms with van der Waals surface area (Å²) in [6.07, 6.45) is 4.86. The molecule has 38 heavy (non-hydrogen) atoms. The number of amides is 2. The lowest BCUT2D eigenvalue weighted by Crippen LogP contribution is -2.50. The van der Waals surface area contributed by atoms with Gasteiger partial charge in [-0.05, 0) is 36.2 Å². The second-order valence-electron chi connectivity index (χ2n) is 9.74. The van der Waals surface area contributed by atoms with Crippen molar-refractivity contribution >= 4 is 17.6 Å². The van der Waals surface area contributed by atoms with Gasteiger partial charge in [-0.1, -0.05) is 41.7 Å². The van der Waals surface area contributed by atoms with E-state index >= 15 is 0 Å². The second kappa shape index (κ2) is 10.7. The first-order valence-electron chi connectivity index (χ1n) is 12.6. The lowest BCUT2D eigenvalue weighted by molar-refractivity contribution is -0.120. The van der Waals surface area contributed by atoms with Crippen LogP contribution in [0.1, 0.15) is 35.1 Å². The van der Waals surface area contributed by atoms with Crippen molar-refractivity contribution in [2.45, 2.75) is 37.8 Å². The van der Waals surface area contributed by atoms with Gasteiger partial charge in [0.2, 0.25) is 0 Å². The molecule has 9 nitrogen and oxygen atoms in total. The van der Waals surface area contributed by atoms with Gasteiger partial charge in [0.25, 0.3) is 5.91 Å². The van der Waals surface area contributed by atoms with E-state index in [1.54, 1.807) is 37.6 Å². The number of benzene rings is 2. The standard InChI is InChI=1S/C29H30N4O5/c1-20-3-5-21(6-4-20)15-23-17-30-33(18-23)28(35)31-24-19-38-26-8-7-22(16-25(26)32(2)27(24)34)9-10-29(36)11-13-37-14-12-29/h3-8,16-18,24,36H,11-15,19H2,1-2H3,(H,31,35)/t24-/m0/s1. The van der Waals surface area contributed by atoms with Crippen LogP contribution in [-0.2, 0) is 16.0 Å². The predicted molar refractivity (Wildman–Crippen MR) is 141 cm³/mol. The monoisotopic (exact) mass is 514 g/mol. The number of nitrogens with one attached hydrogen (secondary N) is 1. The van der Waals surface area contributed by atoms with E-state index < -0.39 is 17.7 Å². The number of carbonyl (C=O) groups is 2. The molecule has 2 aliphatic heterocycles. The Balaban J connectivity index is 1.25. The predicted octanol–water partition coefficient (Wildman–Crippen LogP) is 2.66. The summed E-state index contributed by atoms with van der Waals surface area (Å²) in [5.74, 6) is 6.15. The summed E-state index contributed by atoms with van der Waals surface area (Å²) in [6.45, 7) is 2.96. The van der Waals surface area contributed by atoms with Crippen LogP contribution in [0.25, 0.3) is 0 Å². The number of aliphatic hydroxyl groups is 1. The maximum atomic E-state index is 13.2. The average molecular weight is 515 g/mol. The van der Waals surface area contributed by atoms with Crippen LogP contribution < -0.4 is 15.0 Å². The van der Waals surface area contributed by atoms with E-state index in [9.17, 15) is 14.7 Å². The molecule has 2 aliphatic rings. The molecule has 2 N–H and O–H groups in total. The molecule has 1 saturated heterocycles. The van der Waals surface area contributed by atoms with Gasteiger partial charge < -0.3 is 24.8 Å². The number of ether oxygens (including phenoxy) is 2. The van der Waals surface area contributed by atoms with Crippen molar-refractivity contribution in [2.75, 3.05) is 31.8 Å². The lowest BCUT2D eigenvalue weighted by atomic mass is 9.95. The molecule has 2 amide bonds. The van der Waals surface area contributed by atoms with Crippen molar-refractivity contribution in [3.8, 4) is 17.6 Å². The molecule has 0 bridgehead atoms. The normalized spacial score (nSPS) is 18.4. The molecule has 1 aromatic heterocycles. The SMILES string of the molecule is Cc1ccc(Cc2cnn(C(=O)N[C@H]3COc4ccc(C#CC5(O)CCOCC5)cc4N(C)C3=O)c2)cc1. The van der Waals surface area contributed by atoms with Gasteiger partial charge in [0.05, 0.1) is 25.1 Å². The molecular weight excluding hydrogens is 484 g/mol. The van der Waals surface area contributed by atoms with Crippen molar-refractivity contribution in [3.05, 3.63) is 77.1 Å². The highest BCUT2D eigenvalue weighted by molar-refractivity contribution is 6.00. The van der Waals surface area contributed by atoms with Crippen molar-refractivity contribution < 1.29 is 24.2 Å². The second-order valence-corrected chi connectivity index (χ2v) is 9.74. The zero-order valence-corrected chi connectivity index (χ0v) is 21.4. The molecule has 0 aliphatic carbocycles. The molecule has 0 saturated carbocycles. The van der Waals surface area contributed by atoms with Gasteiger partial charge >= 0.3 is 6.03 Å². The number of aryl methyl sites for hydroxylation is 1. The maximum Gasteiger partial charge on any atom is 0.342 e. The first kappa shape index (κ1) is 25.5. The molecule has 0 spiro atoms. The van der Waals surface area contributed by atoms with Crippen LogP contribution in [0.3, 0.4) is 0 Å². The first-order chi connectivity index (χ1) is 18.3. The van der Waals surface area contributed by atoms with Crippen LogP contribution in [0.5, 0.6) is 5.75 Å². The molecule has 196 valence electrons. The van der Waals surface area contributed by atoms with Gasteiger partial charge in [0.15, 0.2) is 0 Å². The highest BCUT2D eigenvalue weighted by Crippen LogP contribution is 2.31. The van der Waals surface area contributed by atoms with Crippen molar-refractivity contribution in [3.63, 3.8) is 0 Å². The van der Waals surface area contributed by atoms with Gasteiger partial charge in [0, 0.05) is 38.1 Å². The highest BCUT2D eigenvalue weighted by Gasteiger charge is 2.31. The number of anilines is 1. The molecule has 1 fully saturated rings. The van der Waals surface area contributed by atoms with Crippen LogP contribution in [0.2, 0.25) is 0 Å². The van der Waals surface area contributed by atoms with Crippen molar-refractivity contribution in [1.29, 1.82) is 0 Å². The van der Waals surface area contributed by atoms with Crippen LogP contribution in [0, 0.1) is 18.8 Å². The Morgan fingerprint density at radius 1 is 1.18 bits per heavy atom. The minimum atomic E-state index is -1.08. The molecule has 3 aromatic rings. The van der Waals surface area contributed by atoms with E-state index in [0.717, 1.165) is 11.1 Å². The van der Waals surface area contributed by atoms with E-state index in [2.05, 4.69) is 22.3 Å². The zero-order valence-electron chi connectivity index (χ0n) is 21.4. The van der Waals surface area contributed by atoms with Gasteiger partial charge in [-0.15, -0.1) is 0 Å². The summed E-state index contributed by atoms with van der Waals surface area (Å²) < 4.78 is 12.4. The van der Waals surface area contributed by atoms with E-state index in [-0.39, 0.29) is 12.5 Å². The van der Waals surface area contributed by atoms with Crippen LogP contribution in [0.4, 0.5) is 10.5 Å². The van der Waals surface area contributed by atoms with Crippen LogP contribution >= 0.6 is 0 Å². The minimum absolute atomic E-state index is 0.0236. The fourth-order valence-corrected chi connectivity index (χ4v) is 4.42. The Labute approximate surface area is 221 Å². The smallest absolute Gasteiger partial charge is 0.342 e. The summed E-state index contributed by atoms with van der Waals surface area (Å²) >= 11 is 0. The minimum Gasteiger partial charge on any atom is -0.489 e. The van der Waals surface area contributed by atoms with Gasteiger partial charge in [-0.3, -0.25) is 4.79 Å². The molecule has 5 rings (SSSR count). The largest absolute Gasteiger partial charge is 0.489 e. The van der Waals surface area contributed by atoms with E-state index in [4.69, 9.17) is 9.47 Å². The van der Waals surface area contributed by atoms with Crippen LogP contribution in [-0.4, -0.2) is 65.3 Å². The van der Waals surface area contributed by atoms with Crippen molar-refractivity contribution in [1.82, 2.24) is 15.1 Å². The fraction of sp³-hybridized carbons (Fsp3) is 0.345. The number of hydrogen-bond acceptors (Lipinski definition) is 6. The molecular formula is C29H30N4O5. The number of carbonyl (C=O) groups excluding carboxylic acids is 2. The quantitative estimate of drug-likeness (QED) is 0.521. The third kappa shape index (κ3) is 5.72. The van der Waals surface area contributed by atoms with Crippen LogP contribution in [0.15, 0.2) is 54.9 Å². The lowest BCUT2D eigenvalue weighted by Gasteiger charge is -2.26. The molecule has 9 heteroatoms. The molecule has 3 heterocycles. The molecule has 0 radical (unpaired) electrons. The molecule has 0 unspecified atom stereocenters. The summed E-state index contributed by atoms with van der Waals surface area (Å²) in [6, 6.07) is 12.0. The number of likely N-dealkylation sites (N-methyl/N-ethyl adjacent to an activating group) is 1. The maximum absolute atomic E-state index is 13.2. The third-order valence-corrected chi connectivity index (χ3v) is 6.78. The van der Waals surface area contributed by atoms with Gasteiger partial charge in [-0.2, -0.15) is 9.78 Å². The summed E-state index contributed by atoms with van der Waals surface area (Å²) in [5, 5.41) is 17.5. The number of nitrogens with zero attached hydrogens (tertiary/aromatic N) is 3. The Hall–Kier alpha value is -4.13. The van der Waals surface area contributed by atoms with Gasteiger partial charge in [-0.25, -0.2) is 4.79 Å². The third-order valence-electron chi connectivity index (χ3n) is 6.78. The summed E-state index contributed by atoms with van der Waals surface area (Å²) in [5.41, 5.74) is 3.29. The van der Waals surface area contributed by atoms with E-state index in [0.29, 0.717) is 49.5 Å².